The molecule has 1 unspecified atom stereocenters. The number of imide groups is 1. The summed E-state index contributed by atoms with van der Waals surface area (Å²) in [4.78, 5) is 38.1. The molecule has 1 atom stereocenters. The lowest BCUT2D eigenvalue weighted by Gasteiger charge is -2.22. The summed E-state index contributed by atoms with van der Waals surface area (Å²) >= 11 is 0. The van der Waals surface area contributed by atoms with Crippen molar-refractivity contribution in [3.8, 4) is 5.75 Å². The number of urea groups is 1. The van der Waals surface area contributed by atoms with Gasteiger partial charge in [0.2, 0.25) is 5.91 Å². The number of alkyl halides is 2. The van der Waals surface area contributed by atoms with Gasteiger partial charge in [0.1, 0.15) is 17.8 Å². The number of nitrogens with one attached hydrogen (secondary N) is 2. The molecule has 1 aliphatic heterocycles. The minimum absolute atomic E-state index is 0.0683. The van der Waals surface area contributed by atoms with Crippen LogP contribution < -0.4 is 15.4 Å². The smallest absolute Gasteiger partial charge is 0.387 e. The third-order valence-corrected chi connectivity index (χ3v) is 4.57. The van der Waals surface area contributed by atoms with Crippen molar-refractivity contribution in [2.24, 2.45) is 0 Å². The SMILES string of the molecule is CC1(c2ccc(OC(F)F)cc2)NC(=O)N(CC(=O)NCc2ccccc2)C1=O. The highest BCUT2D eigenvalue weighted by molar-refractivity contribution is 6.09. The van der Waals surface area contributed by atoms with E-state index in [-0.39, 0.29) is 12.3 Å². The summed E-state index contributed by atoms with van der Waals surface area (Å²) in [6.45, 7) is -1.64. The first-order valence-corrected chi connectivity index (χ1v) is 8.79. The molecule has 152 valence electrons. The lowest BCUT2D eigenvalue weighted by Crippen LogP contribution is -2.43. The quantitative estimate of drug-likeness (QED) is 0.695. The Kier molecular flexibility index (Phi) is 5.76. The van der Waals surface area contributed by atoms with E-state index in [0.717, 1.165) is 10.5 Å². The molecule has 0 spiro atoms. The molecule has 0 saturated carbocycles. The molecule has 0 aromatic heterocycles. The zero-order valence-corrected chi connectivity index (χ0v) is 15.5. The predicted molar refractivity (Wildman–Crippen MR) is 99.0 cm³/mol. The van der Waals surface area contributed by atoms with Crippen molar-refractivity contribution >= 4 is 17.8 Å². The van der Waals surface area contributed by atoms with Crippen molar-refractivity contribution in [2.45, 2.75) is 25.6 Å². The Morgan fingerprint density at radius 2 is 1.79 bits per heavy atom. The first kappa shape index (κ1) is 20.2. The van der Waals surface area contributed by atoms with E-state index in [0.29, 0.717) is 5.56 Å². The molecule has 7 nitrogen and oxygen atoms in total. The maximum atomic E-state index is 12.8. The van der Waals surface area contributed by atoms with E-state index in [1.165, 1.54) is 31.2 Å². The molecule has 1 fully saturated rings. The molecule has 1 aliphatic rings. The first-order chi connectivity index (χ1) is 13.8. The molecule has 1 saturated heterocycles. The van der Waals surface area contributed by atoms with Gasteiger partial charge in [0.15, 0.2) is 0 Å². The molecular formula is C20H19F2N3O4. The largest absolute Gasteiger partial charge is 0.435 e. The van der Waals surface area contributed by atoms with Gasteiger partial charge in [-0.3, -0.25) is 14.5 Å². The standard InChI is InChI=1S/C20H19F2N3O4/c1-20(14-7-9-15(10-8-14)29-18(21)22)17(27)25(19(28)24-20)12-16(26)23-11-13-5-3-2-4-6-13/h2-10,18H,11-12H2,1H3,(H,23,26)(H,24,28). The minimum Gasteiger partial charge on any atom is -0.435 e. The maximum absolute atomic E-state index is 12.8. The van der Waals surface area contributed by atoms with Gasteiger partial charge in [-0.25, -0.2) is 4.79 Å². The predicted octanol–water partition coefficient (Wildman–Crippen LogP) is 2.37. The molecule has 0 radical (unpaired) electrons. The first-order valence-electron chi connectivity index (χ1n) is 8.79. The second kappa shape index (κ2) is 8.26. The molecule has 29 heavy (non-hydrogen) atoms. The number of carbonyl (C=O) groups excluding carboxylic acids is 3. The van der Waals surface area contributed by atoms with Crippen molar-refractivity contribution < 1.29 is 27.9 Å². The van der Waals surface area contributed by atoms with Crippen LogP contribution in [0, 0.1) is 0 Å². The number of rotatable bonds is 7. The lowest BCUT2D eigenvalue weighted by atomic mass is 9.92. The number of halogens is 2. The van der Waals surface area contributed by atoms with Crippen LogP contribution in [0.1, 0.15) is 18.1 Å². The Labute approximate surface area is 165 Å². The number of benzene rings is 2. The summed E-state index contributed by atoms with van der Waals surface area (Å²) in [6.07, 6.45) is 0. The molecule has 1 heterocycles. The molecular weight excluding hydrogens is 384 g/mol. The van der Waals surface area contributed by atoms with Gasteiger partial charge in [-0.2, -0.15) is 8.78 Å². The Hall–Kier alpha value is -3.49. The summed E-state index contributed by atoms with van der Waals surface area (Å²) in [6, 6.07) is 13.9. The summed E-state index contributed by atoms with van der Waals surface area (Å²) in [5.74, 6) is -1.16. The Bertz CT molecular complexity index is 906. The van der Waals surface area contributed by atoms with E-state index >= 15 is 0 Å². The fraction of sp³-hybridized carbons (Fsp3) is 0.250. The number of hydrogen-bond donors (Lipinski definition) is 2. The van der Waals surface area contributed by atoms with Gasteiger partial charge in [0.25, 0.3) is 5.91 Å². The maximum Gasteiger partial charge on any atom is 0.387 e. The van der Waals surface area contributed by atoms with Crippen LogP contribution >= 0.6 is 0 Å². The molecule has 4 amide bonds. The van der Waals surface area contributed by atoms with E-state index in [4.69, 9.17) is 0 Å². The van der Waals surface area contributed by atoms with Crippen LogP contribution in [-0.2, 0) is 21.7 Å². The van der Waals surface area contributed by atoms with Crippen LogP contribution in [0.2, 0.25) is 0 Å². The minimum atomic E-state index is -2.96. The number of ether oxygens (including phenoxy) is 1. The van der Waals surface area contributed by atoms with E-state index < -0.39 is 36.5 Å². The van der Waals surface area contributed by atoms with Crippen molar-refractivity contribution in [3.63, 3.8) is 0 Å². The van der Waals surface area contributed by atoms with Crippen LogP contribution in [0.3, 0.4) is 0 Å². The van der Waals surface area contributed by atoms with Gasteiger partial charge < -0.3 is 15.4 Å². The summed E-state index contributed by atoms with van der Waals surface area (Å²) in [5.41, 5.74) is -0.154. The second-order valence-corrected chi connectivity index (χ2v) is 6.61. The highest BCUT2D eigenvalue weighted by Gasteiger charge is 2.49. The van der Waals surface area contributed by atoms with E-state index in [1.807, 2.05) is 30.3 Å². The molecule has 9 heteroatoms. The normalized spacial score (nSPS) is 18.7. The molecule has 0 bridgehead atoms. The van der Waals surface area contributed by atoms with E-state index in [9.17, 15) is 23.2 Å². The van der Waals surface area contributed by atoms with Crippen molar-refractivity contribution in [1.29, 1.82) is 0 Å². The van der Waals surface area contributed by atoms with Gasteiger partial charge in [-0.1, -0.05) is 42.5 Å². The third kappa shape index (κ3) is 4.50. The van der Waals surface area contributed by atoms with Gasteiger partial charge in [0.05, 0.1) is 0 Å². The number of amides is 4. The zero-order valence-electron chi connectivity index (χ0n) is 15.5. The molecule has 3 rings (SSSR count). The average molecular weight is 403 g/mol. The number of hydrogen-bond acceptors (Lipinski definition) is 4. The summed E-state index contributed by atoms with van der Waals surface area (Å²) in [5, 5.41) is 5.21. The fourth-order valence-corrected chi connectivity index (χ4v) is 3.00. The van der Waals surface area contributed by atoms with Gasteiger partial charge in [0, 0.05) is 6.54 Å². The Morgan fingerprint density at radius 3 is 2.41 bits per heavy atom. The van der Waals surface area contributed by atoms with E-state index in [2.05, 4.69) is 15.4 Å². The lowest BCUT2D eigenvalue weighted by molar-refractivity contribution is -0.134. The highest BCUT2D eigenvalue weighted by atomic mass is 19.3. The number of carbonyl (C=O) groups is 3. The number of nitrogens with zero attached hydrogens (tertiary/aromatic N) is 1. The molecule has 2 N–H and O–H groups in total. The zero-order chi connectivity index (χ0) is 21.0. The van der Waals surface area contributed by atoms with Crippen molar-refractivity contribution in [2.75, 3.05) is 6.54 Å². The Balaban J connectivity index is 1.66. The van der Waals surface area contributed by atoms with Gasteiger partial charge in [-0.15, -0.1) is 0 Å². The van der Waals surface area contributed by atoms with Crippen LogP contribution in [0.25, 0.3) is 0 Å². The summed E-state index contributed by atoms with van der Waals surface area (Å²) in [7, 11) is 0. The fourth-order valence-electron chi connectivity index (χ4n) is 3.00. The van der Waals surface area contributed by atoms with Crippen molar-refractivity contribution in [1.82, 2.24) is 15.5 Å². The molecule has 2 aromatic carbocycles. The van der Waals surface area contributed by atoms with Crippen LogP contribution in [0.4, 0.5) is 13.6 Å². The van der Waals surface area contributed by atoms with Crippen LogP contribution in [-0.4, -0.2) is 35.9 Å². The second-order valence-electron chi connectivity index (χ2n) is 6.61. The highest BCUT2D eigenvalue weighted by Crippen LogP contribution is 2.30. The van der Waals surface area contributed by atoms with Crippen molar-refractivity contribution in [3.05, 3.63) is 65.7 Å². The third-order valence-electron chi connectivity index (χ3n) is 4.57. The van der Waals surface area contributed by atoms with Crippen LogP contribution in [0.15, 0.2) is 54.6 Å². The monoisotopic (exact) mass is 403 g/mol. The molecule has 0 aliphatic carbocycles. The Morgan fingerprint density at radius 1 is 1.14 bits per heavy atom. The van der Waals surface area contributed by atoms with Crippen LogP contribution in [0.5, 0.6) is 5.75 Å². The van der Waals surface area contributed by atoms with Gasteiger partial charge >= 0.3 is 12.6 Å². The summed E-state index contributed by atoms with van der Waals surface area (Å²) < 4.78 is 28.8. The van der Waals surface area contributed by atoms with Gasteiger partial charge in [-0.05, 0) is 30.2 Å². The molecule has 2 aromatic rings. The van der Waals surface area contributed by atoms with E-state index in [1.54, 1.807) is 0 Å². The topological polar surface area (TPSA) is 87.7 Å². The average Bonchev–Trinajstić information content (AvgIpc) is 2.91.